The molecule has 1 saturated heterocycles. The topological polar surface area (TPSA) is 36.3 Å². The zero-order valence-electron chi connectivity index (χ0n) is 15.2. The van der Waals surface area contributed by atoms with Gasteiger partial charge >= 0.3 is 7.12 Å². The summed E-state index contributed by atoms with van der Waals surface area (Å²) < 4.78 is 14.4. The van der Waals surface area contributed by atoms with Crippen molar-refractivity contribution in [1.82, 2.24) is 9.55 Å². The first-order valence-corrected chi connectivity index (χ1v) is 8.76. The van der Waals surface area contributed by atoms with E-state index in [0.29, 0.717) is 5.92 Å². The quantitative estimate of drug-likeness (QED) is 0.813. The Hall–Kier alpha value is -1.59. The number of nitrogens with zero attached hydrogens (tertiary/aromatic N) is 2. The first-order valence-electron chi connectivity index (χ1n) is 8.76. The highest BCUT2D eigenvalue weighted by molar-refractivity contribution is 6.62. The predicted octanol–water partition coefficient (Wildman–Crippen LogP) is 3.26. The van der Waals surface area contributed by atoms with Gasteiger partial charge in [0.2, 0.25) is 0 Å². The summed E-state index contributed by atoms with van der Waals surface area (Å²) in [5.74, 6) is 1.70. The number of benzene rings is 1. The van der Waals surface area contributed by atoms with Crippen molar-refractivity contribution >= 4 is 12.6 Å². The summed E-state index contributed by atoms with van der Waals surface area (Å²) in [6.45, 7) is 8.31. The molecular weight excluding hydrogens is 299 g/mol. The maximum Gasteiger partial charge on any atom is 0.494 e. The number of aryl methyl sites for hydroxylation is 1. The van der Waals surface area contributed by atoms with E-state index >= 15 is 0 Å². The molecule has 0 atom stereocenters. The molecule has 4 rings (SSSR count). The van der Waals surface area contributed by atoms with Crippen molar-refractivity contribution in [3.05, 3.63) is 36.2 Å². The molecule has 1 aromatic heterocycles. The minimum Gasteiger partial charge on any atom is -0.399 e. The van der Waals surface area contributed by atoms with E-state index in [0.717, 1.165) is 16.9 Å². The predicted molar refractivity (Wildman–Crippen MR) is 96.3 cm³/mol. The second-order valence-corrected chi connectivity index (χ2v) is 8.08. The monoisotopic (exact) mass is 324 g/mol. The molecule has 1 aromatic carbocycles. The lowest BCUT2D eigenvalue weighted by Gasteiger charge is -2.32. The molecular formula is C19H25BN2O2. The van der Waals surface area contributed by atoms with Crippen molar-refractivity contribution in [3.8, 4) is 11.4 Å². The molecule has 2 fully saturated rings. The summed E-state index contributed by atoms with van der Waals surface area (Å²) in [6.07, 6.45) is 4.71. The van der Waals surface area contributed by atoms with Gasteiger partial charge in [-0.2, -0.15) is 0 Å². The average molecular weight is 324 g/mol. The van der Waals surface area contributed by atoms with Gasteiger partial charge in [0.1, 0.15) is 5.82 Å². The molecule has 0 N–H and O–H groups in total. The lowest BCUT2D eigenvalue weighted by atomic mass is 9.79. The Morgan fingerprint density at radius 3 is 2.17 bits per heavy atom. The van der Waals surface area contributed by atoms with Crippen LogP contribution in [0.5, 0.6) is 0 Å². The van der Waals surface area contributed by atoms with Crippen LogP contribution in [0, 0.1) is 0 Å². The molecule has 5 heteroatoms. The zero-order chi connectivity index (χ0) is 17.1. The van der Waals surface area contributed by atoms with Crippen LogP contribution in [-0.4, -0.2) is 27.9 Å². The highest BCUT2D eigenvalue weighted by Gasteiger charge is 2.51. The van der Waals surface area contributed by atoms with Gasteiger partial charge in [0.25, 0.3) is 0 Å². The molecule has 0 radical (unpaired) electrons. The van der Waals surface area contributed by atoms with Gasteiger partial charge in [0, 0.05) is 24.7 Å². The molecule has 2 heterocycles. The molecule has 24 heavy (non-hydrogen) atoms. The third kappa shape index (κ3) is 2.60. The lowest BCUT2D eigenvalue weighted by molar-refractivity contribution is 0.00578. The number of imidazole rings is 1. The average Bonchev–Trinajstić information content (AvgIpc) is 3.24. The van der Waals surface area contributed by atoms with Crippen LogP contribution >= 0.6 is 0 Å². The lowest BCUT2D eigenvalue weighted by Crippen LogP contribution is -2.41. The van der Waals surface area contributed by atoms with Crippen LogP contribution in [-0.2, 0) is 16.4 Å². The van der Waals surface area contributed by atoms with Crippen LogP contribution in [0.2, 0.25) is 0 Å². The first-order chi connectivity index (χ1) is 11.3. The van der Waals surface area contributed by atoms with E-state index in [1.54, 1.807) is 0 Å². The van der Waals surface area contributed by atoms with Crippen LogP contribution in [0.3, 0.4) is 0 Å². The van der Waals surface area contributed by atoms with E-state index in [4.69, 9.17) is 14.3 Å². The zero-order valence-corrected chi connectivity index (χ0v) is 15.2. The molecule has 2 aliphatic rings. The SMILES string of the molecule is Cn1cc(C2CC2)nc1-c1ccc(B2OC(C)(C)C(C)(C)O2)cc1. The van der Waals surface area contributed by atoms with Crippen molar-refractivity contribution in [2.24, 2.45) is 7.05 Å². The van der Waals surface area contributed by atoms with Crippen molar-refractivity contribution in [2.75, 3.05) is 0 Å². The summed E-state index contributed by atoms with van der Waals surface area (Å²) in [5, 5.41) is 0. The van der Waals surface area contributed by atoms with Crippen molar-refractivity contribution in [2.45, 2.75) is 57.7 Å². The van der Waals surface area contributed by atoms with Crippen molar-refractivity contribution in [3.63, 3.8) is 0 Å². The van der Waals surface area contributed by atoms with E-state index in [1.165, 1.54) is 18.5 Å². The van der Waals surface area contributed by atoms with Crippen LogP contribution in [0.15, 0.2) is 30.5 Å². The van der Waals surface area contributed by atoms with Gasteiger partial charge < -0.3 is 13.9 Å². The molecule has 1 saturated carbocycles. The second kappa shape index (κ2) is 5.20. The van der Waals surface area contributed by atoms with Gasteiger partial charge in [-0.1, -0.05) is 24.3 Å². The summed E-state index contributed by atoms with van der Waals surface area (Å²) in [6, 6.07) is 8.39. The number of aromatic nitrogens is 2. The fourth-order valence-electron chi connectivity index (χ4n) is 3.10. The summed E-state index contributed by atoms with van der Waals surface area (Å²) in [4.78, 5) is 4.82. The van der Waals surface area contributed by atoms with Crippen molar-refractivity contribution < 1.29 is 9.31 Å². The van der Waals surface area contributed by atoms with Gasteiger partial charge in [-0.15, -0.1) is 0 Å². The van der Waals surface area contributed by atoms with Gasteiger partial charge in [0.05, 0.1) is 16.9 Å². The Labute approximate surface area is 144 Å². The fraction of sp³-hybridized carbons (Fsp3) is 0.526. The van der Waals surface area contributed by atoms with Gasteiger partial charge in [-0.05, 0) is 46.0 Å². The number of rotatable bonds is 3. The Morgan fingerprint density at radius 2 is 1.62 bits per heavy atom. The minimum absolute atomic E-state index is 0.310. The standard InChI is InChI=1S/C19H25BN2O2/c1-18(2)19(3,4)24-20(23-18)15-10-8-14(9-11-15)17-21-16(12-22(17)5)13-6-7-13/h8-13H,6-7H2,1-5H3. The molecule has 0 amide bonds. The van der Waals surface area contributed by atoms with Crippen LogP contribution in [0.4, 0.5) is 0 Å². The summed E-state index contributed by atoms with van der Waals surface area (Å²) >= 11 is 0. The third-order valence-corrected chi connectivity index (χ3v) is 5.58. The molecule has 2 aromatic rings. The fourth-order valence-corrected chi connectivity index (χ4v) is 3.10. The Bertz CT molecular complexity index is 744. The normalized spacial score (nSPS) is 22.1. The molecule has 126 valence electrons. The molecule has 0 bridgehead atoms. The third-order valence-electron chi connectivity index (χ3n) is 5.58. The Kier molecular flexibility index (Phi) is 3.45. The maximum atomic E-state index is 6.12. The largest absolute Gasteiger partial charge is 0.494 e. The van der Waals surface area contributed by atoms with E-state index in [9.17, 15) is 0 Å². The van der Waals surface area contributed by atoms with E-state index in [2.05, 4.69) is 69.8 Å². The molecule has 1 aliphatic heterocycles. The van der Waals surface area contributed by atoms with Gasteiger partial charge in [0.15, 0.2) is 0 Å². The molecule has 4 nitrogen and oxygen atoms in total. The smallest absolute Gasteiger partial charge is 0.399 e. The summed E-state index contributed by atoms with van der Waals surface area (Å²) in [5.41, 5.74) is 2.78. The molecule has 0 unspecified atom stereocenters. The summed E-state index contributed by atoms with van der Waals surface area (Å²) in [7, 11) is 1.75. The van der Waals surface area contributed by atoms with Crippen LogP contribution in [0.25, 0.3) is 11.4 Å². The highest BCUT2D eigenvalue weighted by Crippen LogP contribution is 2.40. The first kappa shape index (κ1) is 15.9. The van der Waals surface area contributed by atoms with Crippen LogP contribution < -0.4 is 5.46 Å². The second-order valence-electron chi connectivity index (χ2n) is 8.08. The minimum atomic E-state index is -0.313. The number of hydrogen-bond donors (Lipinski definition) is 0. The van der Waals surface area contributed by atoms with E-state index in [1.807, 2.05) is 0 Å². The van der Waals surface area contributed by atoms with E-state index < -0.39 is 0 Å². The molecule has 1 aliphatic carbocycles. The van der Waals surface area contributed by atoms with Crippen molar-refractivity contribution in [1.29, 1.82) is 0 Å². The van der Waals surface area contributed by atoms with Gasteiger partial charge in [-0.25, -0.2) is 4.98 Å². The highest BCUT2D eigenvalue weighted by atomic mass is 16.7. The molecule has 0 spiro atoms. The van der Waals surface area contributed by atoms with E-state index in [-0.39, 0.29) is 18.3 Å². The Morgan fingerprint density at radius 1 is 1.04 bits per heavy atom. The van der Waals surface area contributed by atoms with Gasteiger partial charge in [-0.3, -0.25) is 0 Å². The van der Waals surface area contributed by atoms with Crippen LogP contribution in [0.1, 0.15) is 52.1 Å². The maximum absolute atomic E-state index is 6.12. The Balaban J connectivity index is 1.57. The number of hydrogen-bond acceptors (Lipinski definition) is 3.